The van der Waals surface area contributed by atoms with Crippen molar-refractivity contribution in [3.8, 4) is 0 Å². The zero-order valence-electron chi connectivity index (χ0n) is 21.6. The molecule has 3 heterocycles. The number of likely N-dealkylation sites (tertiary alicyclic amines) is 1. The molecule has 1 aliphatic carbocycles. The van der Waals surface area contributed by atoms with Gasteiger partial charge >= 0.3 is 0 Å². The third kappa shape index (κ3) is 6.14. The summed E-state index contributed by atoms with van der Waals surface area (Å²) in [5.74, 6) is 1.03. The number of hydrogen-bond acceptors (Lipinski definition) is 6. The van der Waals surface area contributed by atoms with E-state index in [1.807, 2.05) is 29.2 Å². The molecule has 1 unspecified atom stereocenters. The molecule has 0 bridgehead atoms. The highest BCUT2D eigenvalue weighted by Crippen LogP contribution is 2.37. The quantitative estimate of drug-likeness (QED) is 0.189. The fourth-order valence-corrected chi connectivity index (χ4v) is 6.25. The lowest BCUT2D eigenvalue weighted by atomic mass is 9.76. The molecule has 4 rings (SSSR count). The maximum atomic E-state index is 12.9. The van der Waals surface area contributed by atoms with Gasteiger partial charge in [-0.05, 0) is 82.1 Å². The van der Waals surface area contributed by atoms with Crippen LogP contribution < -0.4 is 10.0 Å². The summed E-state index contributed by atoms with van der Waals surface area (Å²) < 4.78 is 2.86. The second-order valence-electron chi connectivity index (χ2n) is 11.2. The van der Waals surface area contributed by atoms with Crippen molar-refractivity contribution in [1.82, 2.24) is 19.6 Å². The monoisotopic (exact) mass is 529 g/mol. The minimum Gasteiger partial charge on any atom is -0.370 e. The number of nitrogens with one attached hydrogen (secondary N) is 2. The van der Waals surface area contributed by atoms with Crippen molar-refractivity contribution in [3.05, 3.63) is 46.2 Å². The molecule has 0 aromatic carbocycles. The Morgan fingerprint density at radius 1 is 1.28 bits per heavy atom. The summed E-state index contributed by atoms with van der Waals surface area (Å²) in [6.45, 7) is 10.2. The lowest BCUT2D eigenvalue weighted by Gasteiger charge is -2.31. The average Bonchev–Trinajstić information content (AvgIpc) is 3.13. The van der Waals surface area contributed by atoms with Crippen molar-refractivity contribution < 1.29 is 9.59 Å². The fourth-order valence-electron chi connectivity index (χ4n) is 5.43. The van der Waals surface area contributed by atoms with E-state index >= 15 is 0 Å². The molecule has 2 aliphatic rings. The van der Waals surface area contributed by atoms with Gasteiger partial charge in [0, 0.05) is 36.0 Å². The van der Waals surface area contributed by atoms with Crippen LogP contribution in [0.15, 0.2) is 29.3 Å². The van der Waals surface area contributed by atoms with Gasteiger partial charge in [0.25, 0.3) is 5.91 Å². The molecule has 2 N–H and O–H groups in total. The van der Waals surface area contributed by atoms with E-state index in [2.05, 4.69) is 47.7 Å². The van der Waals surface area contributed by atoms with Gasteiger partial charge in [0.15, 0.2) is 0 Å². The van der Waals surface area contributed by atoms with Crippen LogP contribution >= 0.6 is 23.5 Å². The molecular formula is C27H36ClN5O2S. The molecule has 2 amide bonds. The maximum absolute atomic E-state index is 12.9. The molecule has 1 aliphatic heterocycles. The number of carbonyl (C=O) groups is 2. The van der Waals surface area contributed by atoms with Gasteiger partial charge in [-0.15, -0.1) is 0 Å². The summed E-state index contributed by atoms with van der Waals surface area (Å²) in [6, 6.07) is 7.60. The topological polar surface area (TPSA) is 87.2 Å². The minimum atomic E-state index is -0.271. The van der Waals surface area contributed by atoms with E-state index in [4.69, 9.17) is 11.6 Å². The van der Waals surface area contributed by atoms with Gasteiger partial charge in [-0.3, -0.25) is 14.3 Å². The SMILES string of the molecule is CC1(C)CCCc2cc(C(=O)NSc3cccc(NCCCC4CN(C=O)C(C)(C)C4)n3)c(Cl)nc21. The van der Waals surface area contributed by atoms with Crippen LogP contribution in [-0.4, -0.2) is 45.8 Å². The molecule has 1 atom stereocenters. The number of halogens is 1. The van der Waals surface area contributed by atoms with E-state index in [-0.39, 0.29) is 22.0 Å². The number of carbonyl (C=O) groups excluding carboxylic acids is 2. The van der Waals surface area contributed by atoms with Gasteiger partial charge in [0.2, 0.25) is 6.41 Å². The Bertz CT molecular complexity index is 1120. The minimum absolute atomic E-state index is 0.0259. The van der Waals surface area contributed by atoms with Crippen molar-refractivity contribution in [1.29, 1.82) is 0 Å². The van der Waals surface area contributed by atoms with Crippen LogP contribution in [0.2, 0.25) is 5.15 Å². The first-order chi connectivity index (χ1) is 17.1. The Labute approximate surface area is 223 Å². The number of nitrogens with zero attached hydrogens (tertiary/aromatic N) is 3. The van der Waals surface area contributed by atoms with E-state index in [9.17, 15) is 9.59 Å². The number of aromatic nitrogens is 2. The number of rotatable bonds is 9. The Morgan fingerprint density at radius 2 is 2.08 bits per heavy atom. The molecule has 2 aromatic heterocycles. The summed E-state index contributed by atoms with van der Waals surface area (Å²) in [5.41, 5.74) is 2.43. The molecule has 1 saturated heterocycles. The van der Waals surface area contributed by atoms with Crippen LogP contribution in [-0.2, 0) is 16.6 Å². The lowest BCUT2D eigenvalue weighted by molar-refractivity contribution is -0.120. The van der Waals surface area contributed by atoms with Crippen LogP contribution in [0.1, 0.15) is 81.4 Å². The number of amides is 2. The Morgan fingerprint density at radius 3 is 2.83 bits per heavy atom. The van der Waals surface area contributed by atoms with Crippen LogP contribution in [0.4, 0.5) is 5.82 Å². The van der Waals surface area contributed by atoms with E-state index in [1.165, 1.54) is 11.9 Å². The van der Waals surface area contributed by atoms with Gasteiger partial charge in [-0.25, -0.2) is 9.97 Å². The first kappa shape index (κ1) is 26.7. The molecule has 1 fully saturated rings. The van der Waals surface area contributed by atoms with Gasteiger partial charge in [0.1, 0.15) is 16.0 Å². The largest absolute Gasteiger partial charge is 0.370 e. The summed E-state index contributed by atoms with van der Waals surface area (Å²) in [5, 5.41) is 4.31. The molecule has 36 heavy (non-hydrogen) atoms. The van der Waals surface area contributed by atoms with E-state index < -0.39 is 0 Å². The van der Waals surface area contributed by atoms with Gasteiger partial charge in [-0.2, -0.15) is 0 Å². The van der Waals surface area contributed by atoms with E-state index in [1.54, 1.807) is 0 Å². The summed E-state index contributed by atoms with van der Waals surface area (Å²) >= 11 is 7.58. The molecule has 9 heteroatoms. The molecule has 0 radical (unpaired) electrons. The Hall–Kier alpha value is -2.32. The maximum Gasteiger partial charge on any atom is 0.264 e. The van der Waals surface area contributed by atoms with Crippen LogP contribution in [0.25, 0.3) is 0 Å². The van der Waals surface area contributed by atoms with Crippen molar-refractivity contribution in [2.24, 2.45) is 5.92 Å². The summed E-state index contributed by atoms with van der Waals surface area (Å²) in [4.78, 5) is 35.2. The Kier molecular flexibility index (Phi) is 8.15. The van der Waals surface area contributed by atoms with Crippen LogP contribution in [0.5, 0.6) is 0 Å². The normalized spacial score (nSPS) is 20.0. The van der Waals surface area contributed by atoms with Gasteiger partial charge in [-0.1, -0.05) is 31.5 Å². The van der Waals surface area contributed by atoms with Crippen molar-refractivity contribution >= 4 is 41.7 Å². The molecule has 2 aromatic rings. The van der Waals surface area contributed by atoms with Gasteiger partial charge < -0.3 is 10.2 Å². The molecule has 194 valence electrons. The van der Waals surface area contributed by atoms with Gasteiger partial charge in [0.05, 0.1) is 11.3 Å². The summed E-state index contributed by atoms with van der Waals surface area (Å²) in [7, 11) is 0. The predicted octanol–water partition coefficient (Wildman–Crippen LogP) is 5.63. The number of hydrogen-bond donors (Lipinski definition) is 2. The first-order valence-corrected chi connectivity index (χ1v) is 13.9. The second kappa shape index (κ2) is 11.0. The highest BCUT2D eigenvalue weighted by molar-refractivity contribution is 7.97. The third-order valence-corrected chi connectivity index (χ3v) is 8.42. The van der Waals surface area contributed by atoms with Crippen LogP contribution in [0.3, 0.4) is 0 Å². The summed E-state index contributed by atoms with van der Waals surface area (Å²) in [6.07, 6.45) is 7.15. The Balaban J connectivity index is 1.27. The van der Waals surface area contributed by atoms with Crippen molar-refractivity contribution in [2.45, 2.75) is 82.2 Å². The van der Waals surface area contributed by atoms with Crippen LogP contribution in [0, 0.1) is 5.92 Å². The molecule has 0 spiro atoms. The standard InChI is InChI=1S/C27H36ClN5O2S/c1-26(2)12-6-9-19-14-20(24(28)31-23(19)26)25(35)32-36-22-11-5-10-21(30-22)29-13-7-8-18-15-27(3,4)33(16-18)17-34/h5,10-11,14,17-18H,6-9,12-13,15-16H2,1-4H3,(H,29,30)(H,32,35). The highest BCUT2D eigenvalue weighted by atomic mass is 35.5. The zero-order chi connectivity index (χ0) is 25.9. The fraction of sp³-hybridized carbons (Fsp3) is 0.556. The zero-order valence-corrected chi connectivity index (χ0v) is 23.1. The predicted molar refractivity (Wildman–Crippen MR) is 145 cm³/mol. The highest BCUT2D eigenvalue weighted by Gasteiger charge is 2.37. The molecule has 7 nitrogen and oxygen atoms in total. The lowest BCUT2D eigenvalue weighted by Crippen LogP contribution is -2.36. The van der Waals surface area contributed by atoms with Crippen molar-refractivity contribution in [2.75, 3.05) is 18.4 Å². The number of anilines is 1. The molecular weight excluding hydrogens is 494 g/mol. The third-order valence-electron chi connectivity index (χ3n) is 7.40. The number of pyridine rings is 2. The molecule has 0 saturated carbocycles. The number of fused-ring (bicyclic) bond motifs is 1. The van der Waals surface area contributed by atoms with E-state index in [0.29, 0.717) is 16.5 Å². The average molecular weight is 530 g/mol. The smallest absolute Gasteiger partial charge is 0.264 e. The van der Waals surface area contributed by atoms with E-state index in [0.717, 1.165) is 75.1 Å². The second-order valence-corrected chi connectivity index (χ2v) is 12.4. The number of aryl methyl sites for hydroxylation is 1. The van der Waals surface area contributed by atoms with Crippen molar-refractivity contribution in [3.63, 3.8) is 0 Å². The first-order valence-electron chi connectivity index (χ1n) is 12.7.